The Balaban J connectivity index is 2.08. The van der Waals surface area contributed by atoms with E-state index in [9.17, 15) is 9.00 Å². The lowest BCUT2D eigenvalue weighted by molar-refractivity contribution is 0.0527. The Morgan fingerprint density at radius 2 is 2.21 bits per heavy atom. The molecule has 0 aromatic carbocycles. The number of rotatable bonds is 4. The van der Waals surface area contributed by atoms with Crippen LogP contribution in [-0.4, -0.2) is 38.7 Å². The fourth-order valence-corrected chi connectivity index (χ4v) is 4.20. The molecule has 1 aromatic heterocycles. The van der Waals surface area contributed by atoms with E-state index < -0.39 is 10.8 Å². The molecule has 0 radical (unpaired) electrons. The summed E-state index contributed by atoms with van der Waals surface area (Å²) < 4.78 is 20.6. The molecule has 19 heavy (non-hydrogen) atoms. The standard InChI is InChI=1S/C12H18N2O3S2/c1-3-17-12(15)10-8(2)14-18-11(10)13-9-4-6-19(16)7-5-9/h9,13H,3-7H2,1-2H3. The first kappa shape index (κ1) is 14.5. The zero-order valence-electron chi connectivity index (χ0n) is 11.1. The highest BCUT2D eigenvalue weighted by molar-refractivity contribution is 7.85. The molecule has 0 bridgehead atoms. The minimum atomic E-state index is -0.675. The van der Waals surface area contributed by atoms with Gasteiger partial charge < -0.3 is 10.1 Å². The Morgan fingerprint density at radius 3 is 2.84 bits per heavy atom. The highest BCUT2D eigenvalue weighted by Crippen LogP contribution is 2.27. The second kappa shape index (κ2) is 6.47. The molecule has 1 N–H and O–H groups in total. The van der Waals surface area contributed by atoms with Crippen LogP contribution < -0.4 is 5.32 Å². The minimum Gasteiger partial charge on any atom is -0.462 e. The van der Waals surface area contributed by atoms with E-state index in [1.54, 1.807) is 6.92 Å². The fourth-order valence-electron chi connectivity index (χ4n) is 2.04. The van der Waals surface area contributed by atoms with Crippen molar-refractivity contribution in [3.63, 3.8) is 0 Å². The summed E-state index contributed by atoms with van der Waals surface area (Å²) in [4.78, 5) is 11.9. The van der Waals surface area contributed by atoms with Crippen LogP contribution >= 0.6 is 11.5 Å². The number of aromatic nitrogens is 1. The van der Waals surface area contributed by atoms with Crippen LogP contribution in [-0.2, 0) is 15.5 Å². The molecule has 0 saturated carbocycles. The first-order chi connectivity index (χ1) is 9.11. The third kappa shape index (κ3) is 3.54. The second-order valence-electron chi connectivity index (χ2n) is 4.46. The fraction of sp³-hybridized carbons (Fsp3) is 0.667. The summed E-state index contributed by atoms with van der Waals surface area (Å²) in [7, 11) is -0.675. The lowest BCUT2D eigenvalue weighted by atomic mass is 10.1. The summed E-state index contributed by atoms with van der Waals surface area (Å²) in [6.07, 6.45) is 1.73. The summed E-state index contributed by atoms with van der Waals surface area (Å²) >= 11 is 1.29. The van der Waals surface area contributed by atoms with Crippen LogP contribution in [0.2, 0.25) is 0 Å². The average molecular weight is 302 g/mol. The van der Waals surface area contributed by atoms with Crippen molar-refractivity contribution in [1.82, 2.24) is 4.37 Å². The van der Waals surface area contributed by atoms with Crippen molar-refractivity contribution in [1.29, 1.82) is 0 Å². The monoisotopic (exact) mass is 302 g/mol. The van der Waals surface area contributed by atoms with Gasteiger partial charge in [0.05, 0.1) is 12.3 Å². The van der Waals surface area contributed by atoms with Gasteiger partial charge in [0.15, 0.2) is 0 Å². The van der Waals surface area contributed by atoms with Gasteiger partial charge in [-0.1, -0.05) is 0 Å². The molecule has 5 nitrogen and oxygen atoms in total. The van der Waals surface area contributed by atoms with Crippen LogP contribution in [0.25, 0.3) is 0 Å². The van der Waals surface area contributed by atoms with E-state index in [4.69, 9.17) is 4.74 Å². The van der Waals surface area contributed by atoms with Gasteiger partial charge >= 0.3 is 5.97 Å². The van der Waals surface area contributed by atoms with Crippen LogP contribution in [0.15, 0.2) is 0 Å². The van der Waals surface area contributed by atoms with Gasteiger partial charge in [-0.05, 0) is 38.2 Å². The summed E-state index contributed by atoms with van der Waals surface area (Å²) in [5.74, 6) is 1.13. The van der Waals surface area contributed by atoms with E-state index in [2.05, 4.69) is 9.69 Å². The van der Waals surface area contributed by atoms with E-state index in [-0.39, 0.29) is 12.0 Å². The van der Waals surface area contributed by atoms with Crippen LogP contribution in [0, 0.1) is 6.92 Å². The number of esters is 1. The largest absolute Gasteiger partial charge is 0.462 e. The van der Waals surface area contributed by atoms with Crippen molar-refractivity contribution in [2.75, 3.05) is 23.4 Å². The van der Waals surface area contributed by atoms with Gasteiger partial charge in [0.2, 0.25) is 0 Å². The zero-order chi connectivity index (χ0) is 13.8. The van der Waals surface area contributed by atoms with E-state index in [0.29, 0.717) is 17.9 Å². The SMILES string of the molecule is CCOC(=O)c1c(C)nsc1NC1CCS(=O)CC1. The predicted octanol–water partition coefficient (Wildman–Crippen LogP) is 1.95. The number of nitrogens with one attached hydrogen (secondary N) is 1. The zero-order valence-corrected chi connectivity index (χ0v) is 12.7. The Morgan fingerprint density at radius 1 is 1.53 bits per heavy atom. The van der Waals surface area contributed by atoms with Gasteiger partial charge in [0, 0.05) is 28.3 Å². The first-order valence-corrected chi connectivity index (χ1v) is 8.62. The molecule has 0 spiro atoms. The van der Waals surface area contributed by atoms with Gasteiger partial charge in [0.25, 0.3) is 0 Å². The van der Waals surface area contributed by atoms with Crippen LogP contribution in [0.5, 0.6) is 0 Å². The third-order valence-corrected chi connectivity index (χ3v) is 5.32. The molecule has 0 atom stereocenters. The number of hydrogen-bond acceptors (Lipinski definition) is 6. The minimum absolute atomic E-state index is 0.269. The van der Waals surface area contributed by atoms with E-state index >= 15 is 0 Å². The van der Waals surface area contributed by atoms with Gasteiger partial charge in [-0.15, -0.1) is 0 Å². The third-order valence-electron chi connectivity index (χ3n) is 3.07. The summed E-state index contributed by atoms with van der Waals surface area (Å²) in [6, 6.07) is 0.269. The number of hydrogen-bond donors (Lipinski definition) is 1. The Labute approximate surface area is 119 Å². The molecule has 0 aliphatic carbocycles. The van der Waals surface area contributed by atoms with Crippen molar-refractivity contribution in [2.45, 2.75) is 32.7 Å². The topological polar surface area (TPSA) is 68.3 Å². The Kier molecular flexibility index (Phi) is 4.93. The van der Waals surface area contributed by atoms with Gasteiger partial charge in [0.1, 0.15) is 10.6 Å². The normalized spacial score (nSPS) is 23.1. The Hall–Kier alpha value is -0.950. The number of ether oxygens (including phenoxy) is 1. The lowest BCUT2D eigenvalue weighted by Crippen LogP contribution is -2.29. The lowest BCUT2D eigenvalue weighted by Gasteiger charge is -2.23. The summed E-state index contributed by atoms with van der Waals surface area (Å²) in [6.45, 7) is 3.95. The predicted molar refractivity (Wildman–Crippen MR) is 77.3 cm³/mol. The molecule has 106 valence electrons. The molecule has 2 rings (SSSR count). The second-order valence-corrected chi connectivity index (χ2v) is 6.93. The molecule has 1 fully saturated rings. The van der Waals surface area contributed by atoms with Crippen LogP contribution in [0.4, 0.5) is 5.00 Å². The highest BCUT2D eigenvalue weighted by atomic mass is 32.2. The molecule has 0 amide bonds. The molecule has 2 heterocycles. The summed E-state index contributed by atoms with van der Waals surface area (Å²) in [5.41, 5.74) is 1.24. The average Bonchev–Trinajstić information content (AvgIpc) is 2.74. The van der Waals surface area contributed by atoms with Gasteiger partial charge in [-0.25, -0.2) is 4.79 Å². The number of anilines is 1. The summed E-state index contributed by atoms with van der Waals surface area (Å²) in [5, 5.41) is 4.12. The molecule has 7 heteroatoms. The highest BCUT2D eigenvalue weighted by Gasteiger charge is 2.23. The van der Waals surface area contributed by atoms with Gasteiger partial charge in [-0.3, -0.25) is 4.21 Å². The number of carbonyl (C=O) groups is 1. The maximum absolute atomic E-state index is 11.9. The van der Waals surface area contributed by atoms with Crippen molar-refractivity contribution >= 4 is 33.3 Å². The molecule has 0 unspecified atom stereocenters. The number of nitrogens with zero attached hydrogens (tertiary/aromatic N) is 1. The molecule has 1 aliphatic rings. The van der Waals surface area contributed by atoms with Crippen LogP contribution in [0.3, 0.4) is 0 Å². The van der Waals surface area contributed by atoms with Crippen molar-refractivity contribution in [3.8, 4) is 0 Å². The van der Waals surface area contributed by atoms with E-state index in [1.807, 2.05) is 6.92 Å². The van der Waals surface area contributed by atoms with Crippen molar-refractivity contribution in [3.05, 3.63) is 11.3 Å². The molecule has 1 aliphatic heterocycles. The van der Waals surface area contributed by atoms with E-state index in [0.717, 1.165) is 29.3 Å². The van der Waals surface area contributed by atoms with Gasteiger partial charge in [-0.2, -0.15) is 4.37 Å². The molecule has 1 aromatic rings. The Bertz CT molecular complexity index is 477. The van der Waals surface area contributed by atoms with E-state index in [1.165, 1.54) is 11.5 Å². The smallest absolute Gasteiger partial charge is 0.343 e. The number of aryl methyl sites for hydroxylation is 1. The molecular formula is C12H18N2O3S2. The number of carbonyl (C=O) groups excluding carboxylic acids is 1. The van der Waals surface area contributed by atoms with Crippen molar-refractivity contribution in [2.24, 2.45) is 0 Å². The van der Waals surface area contributed by atoms with Crippen LogP contribution in [0.1, 0.15) is 35.8 Å². The molecule has 1 saturated heterocycles. The maximum Gasteiger partial charge on any atom is 0.343 e. The maximum atomic E-state index is 11.9. The quantitative estimate of drug-likeness (QED) is 0.861. The van der Waals surface area contributed by atoms with Crippen molar-refractivity contribution < 1.29 is 13.7 Å². The first-order valence-electron chi connectivity index (χ1n) is 6.36. The molecular weight excluding hydrogens is 284 g/mol.